The average Bonchev–Trinajstić information content (AvgIpc) is 1.90. The van der Waals surface area contributed by atoms with Gasteiger partial charge >= 0.3 is 0 Å². The first-order chi connectivity index (χ1) is 5.11. The Labute approximate surface area is 76.9 Å². The summed E-state index contributed by atoms with van der Waals surface area (Å²) >= 11 is 0. The van der Waals surface area contributed by atoms with Gasteiger partial charge in [-0.05, 0) is 39.0 Å². The molecule has 1 atom stereocenters. The van der Waals surface area contributed by atoms with E-state index in [0.29, 0.717) is 11.3 Å². The molecule has 1 nitrogen and oxygen atoms in total. The minimum atomic E-state index is 0.246. The van der Waals surface area contributed by atoms with Crippen LogP contribution in [0.4, 0.5) is 0 Å². The molecule has 1 N–H and O–H groups in total. The molecule has 12 heavy (non-hydrogen) atoms. The van der Waals surface area contributed by atoms with Crippen LogP contribution >= 0.6 is 0 Å². The molecular weight excluding hydrogens is 146 g/mol. The molecule has 0 bridgehead atoms. The van der Waals surface area contributed by atoms with Crippen molar-refractivity contribution in [1.29, 1.82) is 0 Å². The molecule has 0 aliphatic carbocycles. The second kappa shape index (κ2) is 2.25. The summed E-state index contributed by atoms with van der Waals surface area (Å²) in [5, 5.41) is 3.71. The molecule has 1 fully saturated rings. The fourth-order valence-corrected chi connectivity index (χ4v) is 2.52. The Kier molecular flexibility index (Phi) is 1.89. The quantitative estimate of drug-likeness (QED) is 0.588. The van der Waals surface area contributed by atoms with Crippen molar-refractivity contribution in [2.24, 2.45) is 11.3 Å². The monoisotopic (exact) mass is 169 g/mol. The molecule has 72 valence electrons. The van der Waals surface area contributed by atoms with Crippen LogP contribution in [-0.4, -0.2) is 11.1 Å². The lowest BCUT2D eigenvalue weighted by atomic mass is 9.67. The molecule has 1 heteroatoms. The van der Waals surface area contributed by atoms with Gasteiger partial charge in [0.2, 0.25) is 0 Å². The van der Waals surface area contributed by atoms with Gasteiger partial charge in [-0.3, -0.25) is 0 Å². The lowest BCUT2D eigenvalue weighted by Crippen LogP contribution is -2.47. The van der Waals surface area contributed by atoms with E-state index in [9.17, 15) is 0 Å². The average molecular weight is 169 g/mol. The Balaban J connectivity index is 3.05. The van der Waals surface area contributed by atoms with Crippen molar-refractivity contribution in [2.45, 2.75) is 59.5 Å². The van der Waals surface area contributed by atoms with Crippen LogP contribution in [0.3, 0.4) is 0 Å². The van der Waals surface area contributed by atoms with E-state index in [4.69, 9.17) is 0 Å². The van der Waals surface area contributed by atoms with Gasteiger partial charge in [-0.25, -0.2) is 0 Å². The molecule has 0 amide bonds. The maximum absolute atomic E-state index is 3.71. The van der Waals surface area contributed by atoms with Crippen LogP contribution in [0.2, 0.25) is 0 Å². The van der Waals surface area contributed by atoms with Crippen LogP contribution in [0.15, 0.2) is 0 Å². The highest BCUT2D eigenvalue weighted by Gasteiger charge is 2.54. The Morgan fingerprint density at radius 1 is 0.917 bits per heavy atom. The molecule has 0 aromatic carbocycles. The number of rotatable bonds is 0. The van der Waals surface area contributed by atoms with Crippen molar-refractivity contribution in [2.75, 3.05) is 0 Å². The highest BCUT2D eigenvalue weighted by atomic mass is 15.1. The molecule has 1 rings (SSSR count). The van der Waals surface area contributed by atoms with Crippen molar-refractivity contribution in [3.05, 3.63) is 0 Å². The summed E-state index contributed by atoms with van der Waals surface area (Å²) < 4.78 is 0. The van der Waals surface area contributed by atoms with Gasteiger partial charge in [0.15, 0.2) is 0 Å². The van der Waals surface area contributed by atoms with Gasteiger partial charge in [0, 0.05) is 11.1 Å². The highest BCUT2D eigenvalue weighted by Crippen LogP contribution is 2.49. The predicted molar refractivity (Wildman–Crippen MR) is 54.2 cm³/mol. The smallest absolute Gasteiger partial charge is 0.0184 e. The fraction of sp³-hybridized carbons (Fsp3) is 1.00. The van der Waals surface area contributed by atoms with Crippen LogP contribution in [0.5, 0.6) is 0 Å². The van der Waals surface area contributed by atoms with Gasteiger partial charge in [0.25, 0.3) is 0 Å². The number of nitrogens with one attached hydrogen (secondary N) is 1. The summed E-state index contributed by atoms with van der Waals surface area (Å²) in [7, 11) is 0. The third-order valence-corrected chi connectivity index (χ3v) is 4.41. The van der Waals surface area contributed by atoms with E-state index in [1.165, 1.54) is 0 Å². The second-order valence-corrected chi connectivity index (χ2v) is 5.92. The minimum absolute atomic E-state index is 0.246. The Morgan fingerprint density at radius 3 is 1.42 bits per heavy atom. The van der Waals surface area contributed by atoms with E-state index in [2.05, 4.69) is 53.8 Å². The van der Waals surface area contributed by atoms with Crippen molar-refractivity contribution in [3.8, 4) is 0 Å². The first kappa shape index (κ1) is 10.0. The first-order valence-electron chi connectivity index (χ1n) is 4.90. The van der Waals surface area contributed by atoms with Gasteiger partial charge in [0.05, 0.1) is 0 Å². The normalized spacial score (nSPS) is 36.8. The molecule has 0 aromatic heterocycles. The zero-order valence-electron chi connectivity index (χ0n) is 9.58. The van der Waals surface area contributed by atoms with E-state index in [-0.39, 0.29) is 11.1 Å². The van der Waals surface area contributed by atoms with Gasteiger partial charge in [-0.1, -0.05) is 20.8 Å². The summed E-state index contributed by atoms with van der Waals surface area (Å²) in [6.07, 6.45) is 0. The Bertz CT molecular complexity index is 189. The van der Waals surface area contributed by atoms with Crippen LogP contribution in [0.1, 0.15) is 48.5 Å². The summed E-state index contributed by atoms with van der Waals surface area (Å²) in [6, 6.07) is 0. The van der Waals surface area contributed by atoms with Crippen LogP contribution in [0.25, 0.3) is 0 Å². The van der Waals surface area contributed by atoms with Gasteiger partial charge in [-0.2, -0.15) is 0 Å². The molecule has 0 radical (unpaired) electrons. The van der Waals surface area contributed by atoms with Crippen molar-refractivity contribution >= 4 is 0 Å². The minimum Gasteiger partial charge on any atom is -0.306 e. The topological polar surface area (TPSA) is 12.0 Å². The SMILES string of the molecule is CC1C(C)(C)NC(C)(C)C1(C)C. The summed E-state index contributed by atoms with van der Waals surface area (Å²) in [4.78, 5) is 0. The maximum atomic E-state index is 3.71. The Hall–Kier alpha value is -0.0400. The largest absolute Gasteiger partial charge is 0.306 e. The molecule has 1 aliphatic heterocycles. The van der Waals surface area contributed by atoms with Crippen LogP contribution in [0, 0.1) is 11.3 Å². The van der Waals surface area contributed by atoms with Gasteiger partial charge in [0.1, 0.15) is 0 Å². The maximum Gasteiger partial charge on any atom is 0.0184 e. The lowest BCUT2D eigenvalue weighted by Gasteiger charge is -2.37. The van der Waals surface area contributed by atoms with Crippen molar-refractivity contribution in [3.63, 3.8) is 0 Å². The zero-order valence-corrected chi connectivity index (χ0v) is 9.58. The van der Waals surface area contributed by atoms with Crippen molar-refractivity contribution in [1.82, 2.24) is 5.32 Å². The molecule has 0 aromatic rings. The molecule has 0 saturated carbocycles. The number of hydrogen-bond acceptors (Lipinski definition) is 1. The molecular formula is C11H23N. The third-order valence-electron chi connectivity index (χ3n) is 4.41. The first-order valence-corrected chi connectivity index (χ1v) is 4.90. The van der Waals surface area contributed by atoms with Crippen LogP contribution in [-0.2, 0) is 0 Å². The zero-order chi connectivity index (χ0) is 9.78. The van der Waals surface area contributed by atoms with E-state index in [1.807, 2.05) is 0 Å². The summed E-state index contributed by atoms with van der Waals surface area (Å²) in [5.74, 6) is 0.708. The second-order valence-electron chi connectivity index (χ2n) is 5.92. The Morgan fingerprint density at radius 2 is 1.33 bits per heavy atom. The van der Waals surface area contributed by atoms with Gasteiger partial charge < -0.3 is 5.32 Å². The molecule has 1 heterocycles. The highest BCUT2D eigenvalue weighted by molar-refractivity contribution is 5.11. The summed E-state index contributed by atoms with van der Waals surface area (Å²) in [5.41, 5.74) is 0.888. The van der Waals surface area contributed by atoms with Crippen molar-refractivity contribution < 1.29 is 0 Å². The molecule has 1 unspecified atom stereocenters. The lowest BCUT2D eigenvalue weighted by molar-refractivity contribution is 0.169. The van der Waals surface area contributed by atoms with E-state index >= 15 is 0 Å². The van der Waals surface area contributed by atoms with E-state index in [1.54, 1.807) is 0 Å². The summed E-state index contributed by atoms with van der Waals surface area (Å²) in [6.45, 7) is 16.3. The molecule has 1 aliphatic rings. The fourth-order valence-electron chi connectivity index (χ4n) is 2.52. The standard InChI is InChI=1S/C11H23N/c1-8-9(2,3)11(6,7)12-10(8,4)5/h8,12H,1-7H3. The molecule has 1 saturated heterocycles. The van der Waals surface area contributed by atoms with Gasteiger partial charge in [-0.15, -0.1) is 0 Å². The number of hydrogen-bond donors (Lipinski definition) is 1. The van der Waals surface area contributed by atoms with E-state index in [0.717, 1.165) is 0 Å². The van der Waals surface area contributed by atoms with Crippen LogP contribution < -0.4 is 5.32 Å². The third kappa shape index (κ3) is 1.10. The predicted octanol–water partition coefficient (Wildman–Crippen LogP) is 2.81. The van der Waals surface area contributed by atoms with E-state index < -0.39 is 0 Å². The molecule has 0 spiro atoms.